The summed E-state index contributed by atoms with van der Waals surface area (Å²) < 4.78 is 6.70. The lowest BCUT2D eigenvalue weighted by Gasteiger charge is -1.99. The van der Waals surface area contributed by atoms with Crippen molar-refractivity contribution in [2.45, 2.75) is 6.10 Å². The third kappa shape index (κ3) is 1.25. The van der Waals surface area contributed by atoms with Gasteiger partial charge in [0.25, 0.3) is 0 Å². The van der Waals surface area contributed by atoms with Crippen LogP contribution in [0.5, 0.6) is 0 Å². The molecule has 3 rings (SSSR count). The van der Waals surface area contributed by atoms with Gasteiger partial charge in [-0.05, 0) is 28.1 Å². The summed E-state index contributed by atoms with van der Waals surface area (Å²) >= 11 is 0. The van der Waals surface area contributed by atoms with Crippen molar-refractivity contribution >= 4 is 0 Å². The molecule has 2 aromatic rings. The highest BCUT2D eigenvalue weighted by Crippen LogP contribution is 2.29. The Kier molecular flexibility index (Phi) is 1.54. The maximum absolute atomic E-state index is 5.18. The summed E-state index contributed by atoms with van der Waals surface area (Å²) in [5, 5.41) is 10.9. The fourth-order valence-corrected chi connectivity index (χ4v) is 1.27. The summed E-state index contributed by atoms with van der Waals surface area (Å²) in [6, 6.07) is 3.86. The highest BCUT2D eigenvalue weighted by molar-refractivity contribution is 5.29. The van der Waals surface area contributed by atoms with Crippen LogP contribution in [0.4, 0.5) is 0 Å². The molecule has 14 heavy (non-hydrogen) atoms. The van der Waals surface area contributed by atoms with Crippen molar-refractivity contribution in [1.82, 2.24) is 25.2 Å². The maximum atomic E-state index is 5.18. The summed E-state index contributed by atoms with van der Waals surface area (Å²) in [6.07, 6.45) is 3.47. The first-order valence-electron chi connectivity index (χ1n) is 4.24. The van der Waals surface area contributed by atoms with Gasteiger partial charge in [-0.25, -0.2) is 4.98 Å². The minimum absolute atomic E-state index is 0.230. The Balaban J connectivity index is 2.02. The summed E-state index contributed by atoms with van der Waals surface area (Å²) in [5.41, 5.74) is 1.12. The van der Waals surface area contributed by atoms with Crippen molar-refractivity contribution in [3.63, 3.8) is 0 Å². The molecule has 6 heteroatoms. The highest BCUT2D eigenvalue weighted by Gasteiger charge is 2.25. The Morgan fingerprint density at radius 3 is 3.14 bits per heavy atom. The van der Waals surface area contributed by atoms with Crippen molar-refractivity contribution in [1.29, 1.82) is 0 Å². The molecule has 0 saturated carbocycles. The molecule has 0 amide bonds. The lowest BCUT2D eigenvalue weighted by Crippen LogP contribution is -1.99. The number of ether oxygens (including phenoxy) is 1. The average Bonchev–Trinajstić information content (AvgIpc) is 2.94. The molecule has 3 heterocycles. The molecule has 6 nitrogen and oxygen atoms in total. The Morgan fingerprint density at radius 2 is 2.43 bits per heavy atom. The number of pyridine rings is 1. The minimum atomic E-state index is 0.230. The normalized spacial score (nSPS) is 19.6. The van der Waals surface area contributed by atoms with E-state index in [0.717, 1.165) is 12.2 Å². The first-order chi connectivity index (χ1) is 6.93. The molecule has 0 radical (unpaired) electrons. The number of rotatable bonds is 2. The van der Waals surface area contributed by atoms with E-state index >= 15 is 0 Å². The zero-order chi connectivity index (χ0) is 9.38. The van der Waals surface area contributed by atoms with E-state index in [9.17, 15) is 0 Å². The van der Waals surface area contributed by atoms with Crippen molar-refractivity contribution in [2.24, 2.45) is 0 Å². The van der Waals surface area contributed by atoms with E-state index in [1.165, 1.54) is 11.0 Å². The number of epoxide rings is 1. The van der Waals surface area contributed by atoms with Gasteiger partial charge < -0.3 is 4.74 Å². The molecule has 0 bridgehead atoms. The first kappa shape index (κ1) is 7.57. The molecule has 1 fully saturated rings. The van der Waals surface area contributed by atoms with Crippen LogP contribution in [0, 0.1) is 0 Å². The van der Waals surface area contributed by atoms with Crippen LogP contribution in [0.2, 0.25) is 0 Å². The molecule has 70 valence electrons. The van der Waals surface area contributed by atoms with Crippen LogP contribution in [0.3, 0.4) is 0 Å². The summed E-state index contributed by atoms with van der Waals surface area (Å²) in [7, 11) is 0. The maximum Gasteiger partial charge on any atom is 0.157 e. The van der Waals surface area contributed by atoms with Gasteiger partial charge in [0.1, 0.15) is 12.4 Å². The first-order valence-corrected chi connectivity index (χ1v) is 4.24. The minimum Gasteiger partial charge on any atom is -0.368 e. The Hall–Kier alpha value is -1.82. The van der Waals surface area contributed by atoms with Gasteiger partial charge in [0, 0.05) is 6.20 Å². The molecule has 0 spiro atoms. The molecule has 1 saturated heterocycles. The number of hydrogen-bond donors (Lipinski definition) is 0. The highest BCUT2D eigenvalue weighted by atomic mass is 16.6. The van der Waals surface area contributed by atoms with Crippen LogP contribution < -0.4 is 0 Å². The zero-order valence-corrected chi connectivity index (χ0v) is 7.24. The smallest absolute Gasteiger partial charge is 0.157 e. The molecule has 2 aromatic heterocycles. The van der Waals surface area contributed by atoms with Crippen LogP contribution in [0.25, 0.3) is 5.82 Å². The predicted octanol–water partition coefficient (Wildman–Crippen LogP) is 0.129. The van der Waals surface area contributed by atoms with E-state index in [0.29, 0.717) is 5.82 Å². The van der Waals surface area contributed by atoms with Gasteiger partial charge in [0.15, 0.2) is 5.82 Å². The van der Waals surface area contributed by atoms with E-state index in [4.69, 9.17) is 4.74 Å². The molecule has 1 aliphatic heterocycles. The van der Waals surface area contributed by atoms with Crippen LogP contribution in [-0.2, 0) is 4.74 Å². The van der Waals surface area contributed by atoms with E-state index in [2.05, 4.69) is 20.5 Å². The molecule has 0 aliphatic carbocycles. The average molecular weight is 189 g/mol. The van der Waals surface area contributed by atoms with Crippen LogP contribution in [0.1, 0.15) is 11.7 Å². The second-order valence-corrected chi connectivity index (χ2v) is 3.02. The van der Waals surface area contributed by atoms with Crippen molar-refractivity contribution in [3.8, 4) is 5.82 Å². The predicted molar refractivity (Wildman–Crippen MR) is 45.6 cm³/mol. The van der Waals surface area contributed by atoms with Crippen molar-refractivity contribution < 1.29 is 4.74 Å². The van der Waals surface area contributed by atoms with E-state index in [1.807, 2.05) is 12.1 Å². The van der Waals surface area contributed by atoms with Gasteiger partial charge in [-0.3, -0.25) is 0 Å². The fraction of sp³-hybridized carbons (Fsp3) is 0.250. The largest absolute Gasteiger partial charge is 0.368 e. The van der Waals surface area contributed by atoms with Crippen LogP contribution in [0.15, 0.2) is 24.7 Å². The molecular formula is C8H7N5O. The van der Waals surface area contributed by atoms with Gasteiger partial charge in [-0.15, -0.1) is 5.10 Å². The molecule has 1 aliphatic rings. The molecule has 0 aromatic carbocycles. The zero-order valence-electron chi connectivity index (χ0n) is 7.24. The second kappa shape index (κ2) is 2.85. The Bertz CT molecular complexity index is 437. The van der Waals surface area contributed by atoms with E-state index in [1.54, 1.807) is 6.20 Å². The van der Waals surface area contributed by atoms with E-state index < -0.39 is 0 Å². The molecule has 0 unspecified atom stereocenters. The van der Waals surface area contributed by atoms with E-state index in [-0.39, 0.29) is 6.10 Å². The quantitative estimate of drug-likeness (QED) is 0.628. The molecule has 0 N–H and O–H groups in total. The standard InChI is InChI=1S/C8H7N5O/c1-2-9-8(13-5-10-11-12-13)3-6(1)7-4-14-7/h1-3,5,7H,4H2/t7-/m0/s1. The van der Waals surface area contributed by atoms with Crippen LogP contribution >= 0.6 is 0 Å². The van der Waals surface area contributed by atoms with Gasteiger partial charge in [-0.1, -0.05) is 0 Å². The summed E-state index contributed by atoms with van der Waals surface area (Å²) in [5.74, 6) is 0.711. The number of hydrogen-bond acceptors (Lipinski definition) is 5. The number of aromatic nitrogens is 5. The second-order valence-electron chi connectivity index (χ2n) is 3.02. The monoisotopic (exact) mass is 189 g/mol. The summed E-state index contributed by atoms with van der Waals surface area (Å²) in [6.45, 7) is 0.791. The topological polar surface area (TPSA) is 69.0 Å². The van der Waals surface area contributed by atoms with Crippen molar-refractivity contribution in [3.05, 3.63) is 30.2 Å². The summed E-state index contributed by atoms with van der Waals surface area (Å²) in [4.78, 5) is 4.16. The Labute approximate surface area is 79.5 Å². The van der Waals surface area contributed by atoms with Crippen molar-refractivity contribution in [2.75, 3.05) is 6.61 Å². The number of nitrogens with zero attached hydrogens (tertiary/aromatic N) is 5. The molecule has 1 atom stereocenters. The lowest BCUT2D eigenvalue weighted by atomic mass is 10.2. The van der Waals surface area contributed by atoms with Gasteiger partial charge >= 0.3 is 0 Å². The molecular weight excluding hydrogens is 182 g/mol. The SMILES string of the molecule is c1cc([C@@H]2CO2)cc(-n2cnnn2)n1. The lowest BCUT2D eigenvalue weighted by molar-refractivity contribution is 0.415. The van der Waals surface area contributed by atoms with Gasteiger partial charge in [0.2, 0.25) is 0 Å². The van der Waals surface area contributed by atoms with Gasteiger partial charge in [0.05, 0.1) is 6.61 Å². The third-order valence-electron chi connectivity index (χ3n) is 2.06. The third-order valence-corrected chi connectivity index (χ3v) is 2.06. The Morgan fingerprint density at radius 1 is 1.50 bits per heavy atom. The fourth-order valence-electron chi connectivity index (χ4n) is 1.27. The van der Waals surface area contributed by atoms with Crippen LogP contribution in [-0.4, -0.2) is 31.8 Å². The number of tetrazole rings is 1. The van der Waals surface area contributed by atoms with Gasteiger partial charge in [-0.2, -0.15) is 4.68 Å².